The molecule has 0 radical (unpaired) electrons. The third-order valence-corrected chi connectivity index (χ3v) is 26.7. The molecule has 0 bridgehead atoms. The van der Waals surface area contributed by atoms with Crippen molar-refractivity contribution >= 4 is 65.4 Å². The molecule has 0 N–H and O–H groups in total. The second-order valence-corrected chi connectivity index (χ2v) is 38.2. The van der Waals surface area contributed by atoms with E-state index in [9.17, 15) is 0 Å². The van der Waals surface area contributed by atoms with Crippen LogP contribution in [-0.4, -0.2) is 74.8 Å². The van der Waals surface area contributed by atoms with Crippen molar-refractivity contribution < 1.29 is 0 Å². The molecule has 9 heterocycles. The molecule has 24 aromatic rings. The topological polar surface area (TPSA) is 193 Å². The molecule has 0 fully saturated rings. The Kier molecular flexibility index (Phi) is 25.9. The van der Waals surface area contributed by atoms with E-state index >= 15 is 0 Å². The molecule has 702 valence electrons. The summed E-state index contributed by atoms with van der Waals surface area (Å²) in [6, 6.07) is 144. The van der Waals surface area contributed by atoms with Crippen molar-refractivity contribution in [1.29, 1.82) is 0 Å². The summed E-state index contributed by atoms with van der Waals surface area (Å²) >= 11 is 0. The maximum Gasteiger partial charge on any atom is 0.164 e. The predicted octanol–water partition coefficient (Wildman–Crippen LogP) is 33.0. The second-order valence-electron chi connectivity index (χ2n) is 38.2. The maximum absolute atomic E-state index is 5.19. The van der Waals surface area contributed by atoms with Crippen LogP contribution in [0.15, 0.2) is 419 Å². The van der Waals surface area contributed by atoms with E-state index < -0.39 is 0 Å². The second kappa shape index (κ2) is 40.8. The van der Waals surface area contributed by atoms with Crippen molar-refractivity contribution in [3.63, 3.8) is 0 Å². The van der Waals surface area contributed by atoms with Crippen LogP contribution in [0, 0.1) is 13.8 Å². The van der Waals surface area contributed by atoms with Crippen LogP contribution in [0.1, 0.15) is 113 Å². The third kappa shape index (κ3) is 19.6. The van der Waals surface area contributed by atoms with E-state index in [1.54, 1.807) is 0 Å². The zero-order valence-corrected chi connectivity index (χ0v) is 82.9. The first-order chi connectivity index (χ1) is 71.4. The van der Waals surface area contributed by atoms with E-state index in [1.165, 1.54) is 16.7 Å². The van der Waals surface area contributed by atoms with Gasteiger partial charge < -0.3 is 0 Å². The monoisotopic (exact) mass is 1890 g/mol. The van der Waals surface area contributed by atoms with Crippen LogP contribution in [0.3, 0.4) is 0 Å². The summed E-state index contributed by atoms with van der Waals surface area (Å²) in [5, 5.41) is 6.49. The van der Waals surface area contributed by atoms with Crippen molar-refractivity contribution in [2.45, 2.75) is 92.9 Å². The minimum Gasteiger partial charge on any atom is -0.251 e. The normalized spacial score (nSPS) is 11.5. The Balaban J connectivity index is 0.000000125. The Morgan fingerprint density at radius 3 is 0.637 bits per heavy atom. The van der Waals surface area contributed by atoms with E-state index in [1.807, 2.05) is 123 Å². The van der Waals surface area contributed by atoms with Gasteiger partial charge in [0, 0.05) is 117 Å². The van der Waals surface area contributed by atoms with Crippen LogP contribution >= 0.6 is 0 Å². The number of aryl methyl sites for hydroxylation is 2. The van der Waals surface area contributed by atoms with Gasteiger partial charge >= 0.3 is 0 Å². The van der Waals surface area contributed by atoms with Gasteiger partial charge in [0.25, 0.3) is 0 Å². The summed E-state index contributed by atoms with van der Waals surface area (Å²) in [6.45, 7) is 21.5. The summed E-state index contributed by atoms with van der Waals surface area (Å²) < 4.78 is 0. The van der Waals surface area contributed by atoms with Gasteiger partial charge in [0.05, 0.1) is 33.1 Å². The van der Waals surface area contributed by atoms with E-state index in [0.717, 1.165) is 200 Å². The van der Waals surface area contributed by atoms with E-state index in [4.69, 9.17) is 74.8 Å². The largest absolute Gasteiger partial charge is 0.251 e. The molecule has 0 aliphatic heterocycles. The SMILES string of the molecule is CC(C)c1ccc2ccc3c(-c4cccc(-c5nc(-c6ccccc6)nc(-c6ccc(-c7ccccc7)cc6)n5)c4)cc(C(C)C)nc3c2n1.Cc1cc(-c2cccc(-c3nc(-c4ccccc4)nc(-c4ccc(-c5ccccc5)cc4)n3)c2)c2ccc3ccc(C(C)C)nc3c2n1.Cc1ccc2ccc3c(-c4cccc(-c5nc(-c6ccccc6)nc(-c6ccc(-c7ccccc7)cc6)n5)c4)cc(C(C)C)nc3c2n1. The van der Waals surface area contributed by atoms with Crippen molar-refractivity contribution in [3.8, 4) is 169 Å². The molecule has 0 saturated heterocycles. The Morgan fingerprint density at radius 2 is 0.342 bits per heavy atom. The number of hydrogen-bond acceptors (Lipinski definition) is 15. The first-order valence-corrected chi connectivity index (χ1v) is 49.8. The number of nitrogens with zero attached hydrogens (tertiary/aromatic N) is 15. The first-order valence-electron chi connectivity index (χ1n) is 49.8. The Hall–Kier alpha value is -18.2. The van der Waals surface area contributed by atoms with Gasteiger partial charge in [-0.1, -0.05) is 419 Å². The van der Waals surface area contributed by atoms with Crippen LogP contribution in [0.5, 0.6) is 0 Å². The summed E-state index contributed by atoms with van der Waals surface area (Å²) in [5.74, 6) is 6.84. The summed E-state index contributed by atoms with van der Waals surface area (Å²) in [5.41, 5.74) is 33.6. The predicted molar refractivity (Wildman–Crippen MR) is 599 cm³/mol. The number of hydrogen-bond donors (Lipinski definition) is 0. The van der Waals surface area contributed by atoms with Gasteiger partial charge in [-0.05, 0) is 159 Å². The minimum absolute atomic E-state index is 0.248. The Bertz CT molecular complexity index is 8960. The molecule has 15 nitrogen and oxygen atoms in total. The Morgan fingerprint density at radius 1 is 0.137 bits per heavy atom. The quantitative estimate of drug-likeness (QED) is 0.0694. The van der Waals surface area contributed by atoms with Crippen LogP contribution in [0.25, 0.3) is 235 Å². The molecular weight excluding hydrogens is 1780 g/mol. The molecular formula is C131H103N15. The van der Waals surface area contributed by atoms with Crippen molar-refractivity contribution in [2.75, 3.05) is 0 Å². The van der Waals surface area contributed by atoms with Gasteiger partial charge in [-0.2, -0.15) is 0 Å². The zero-order valence-electron chi connectivity index (χ0n) is 82.9. The summed E-state index contributed by atoms with van der Waals surface area (Å²) in [4.78, 5) is 75.5. The molecule has 0 unspecified atom stereocenters. The van der Waals surface area contributed by atoms with Crippen LogP contribution in [-0.2, 0) is 0 Å². The fraction of sp³-hybridized carbons (Fsp3) is 0.107. The van der Waals surface area contributed by atoms with Gasteiger partial charge in [0.15, 0.2) is 52.4 Å². The van der Waals surface area contributed by atoms with E-state index in [-0.39, 0.29) is 11.8 Å². The summed E-state index contributed by atoms with van der Waals surface area (Å²) in [7, 11) is 0. The highest BCUT2D eigenvalue weighted by Gasteiger charge is 2.24. The number of pyridine rings is 6. The van der Waals surface area contributed by atoms with Crippen molar-refractivity contribution in [2.24, 2.45) is 0 Å². The molecule has 0 saturated carbocycles. The Labute approximate surface area is 849 Å². The lowest BCUT2D eigenvalue weighted by Gasteiger charge is -2.15. The van der Waals surface area contributed by atoms with Gasteiger partial charge in [-0.3, -0.25) is 29.9 Å². The highest BCUT2D eigenvalue weighted by atomic mass is 15.1. The fourth-order valence-electron chi connectivity index (χ4n) is 18.7. The van der Waals surface area contributed by atoms with E-state index in [2.05, 4.69) is 365 Å². The van der Waals surface area contributed by atoms with Gasteiger partial charge in [0.1, 0.15) is 0 Å². The molecule has 146 heavy (non-hydrogen) atoms. The van der Waals surface area contributed by atoms with Crippen LogP contribution in [0.2, 0.25) is 0 Å². The highest BCUT2D eigenvalue weighted by Crippen LogP contribution is 2.43. The molecule has 0 aliphatic carbocycles. The fourth-order valence-corrected chi connectivity index (χ4v) is 18.7. The molecule has 0 atom stereocenters. The van der Waals surface area contributed by atoms with Gasteiger partial charge in [0.2, 0.25) is 0 Å². The average molecular weight is 1890 g/mol. The van der Waals surface area contributed by atoms with Crippen molar-refractivity contribution in [1.82, 2.24) is 74.8 Å². The lowest BCUT2D eigenvalue weighted by molar-refractivity contribution is 0.826. The molecule has 24 rings (SSSR count). The lowest BCUT2D eigenvalue weighted by atomic mass is 9.95. The van der Waals surface area contributed by atoms with E-state index in [0.29, 0.717) is 64.3 Å². The smallest absolute Gasteiger partial charge is 0.164 e. The molecule has 0 amide bonds. The number of rotatable bonds is 19. The zero-order chi connectivity index (χ0) is 99.4. The number of fused-ring (bicyclic) bond motifs is 9. The average Bonchev–Trinajstić information content (AvgIpc) is 0.759. The van der Waals surface area contributed by atoms with Gasteiger partial charge in [-0.15, -0.1) is 0 Å². The van der Waals surface area contributed by atoms with Gasteiger partial charge in [-0.25, -0.2) is 44.9 Å². The lowest BCUT2D eigenvalue weighted by Crippen LogP contribution is -2.01. The minimum atomic E-state index is 0.248. The number of aromatic nitrogens is 15. The number of benzene rings is 15. The molecule has 15 heteroatoms. The standard InChI is InChI=1S/C45H37N5.2C43H33N5/c1-28(2)39-25-23-32-22-24-37-38(27-40(29(3)4)47-42(37)41(32)46-39)35-16-11-17-36(26-35)45-49-43(33-14-9-6-10-15-33)48-44(50-45)34-20-18-31(19-21-34)30-12-7-5-8-13-30;1-27(2)38-24-22-31-21-23-36-37(25-28(3)44-40(36)39(31)45-38)34-15-10-16-35(26-34)43-47-41(32-13-8-5-9-14-32)46-42(48-43)33-19-17-30(18-20-33)29-11-6-4-7-12-29;1-27(2)38-26-37(36-24-23-31-18-17-28(3)44-39(31)40(36)45-38)34-15-10-16-35(25-34)43-47-41(32-13-8-5-9-14-32)46-42(48-43)33-21-19-30(20-22-33)29-11-6-4-7-12-29/h5-29H,1-4H3;2*4-27H,1-3H3. The van der Waals surface area contributed by atoms with Crippen LogP contribution < -0.4 is 0 Å². The molecule has 0 aliphatic rings. The first kappa shape index (κ1) is 92.8. The van der Waals surface area contributed by atoms with Crippen LogP contribution in [0.4, 0.5) is 0 Å². The summed E-state index contributed by atoms with van der Waals surface area (Å²) in [6.07, 6.45) is 0. The maximum atomic E-state index is 5.19. The molecule has 9 aromatic heterocycles. The molecule has 0 spiro atoms. The van der Waals surface area contributed by atoms with Crippen molar-refractivity contribution in [3.05, 3.63) is 453 Å². The highest BCUT2D eigenvalue weighted by molar-refractivity contribution is 6.11. The molecule has 15 aromatic carbocycles. The third-order valence-electron chi connectivity index (χ3n) is 26.7.